The van der Waals surface area contributed by atoms with Crippen LogP contribution in [0.2, 0.25) is 0 Å². The van der Waals surface area contributed by atoms with Crippen LogP contribution < -0.4 is 0 Å². The summed E-state index contributed by atoms with van der Waals surface area (Å²) < 4.78 is 11.0. The summed E-state index contributed by atoms with van der Waals surface area (Å²) in [5, 5.41) is 10.2. The van der Waals surface area contributed by atoms with Crippen molar-refractivity contribution in [3.8, 4) is 0 Å². The lowest BCUT2D eigenvalue weighted by Gasteiger charge is -2.26. The van der Waals surface area contributed by atoms with E-state index in [1.165, 1.54) is 5.56 Å². The SMILES string of the molecule is COCCN(C)[C@@H]1C[C@@H](OCc2ccccc2)C[C@H]1O. The van der Waals surface area contributed by atoms with Gasteiger partial charge >= 0.3 is 0 Å². The Hall–Kier alpha value is -0.940. The highest BCUT2D eigenvalue weighted by molar-refractivity contribution is 5.13. The first kappa shape index (κ1) is 15.4. The van der Waals surface area contributed by atoms with Gasteiger partial charge < -0.3 is 14.6 Å². The van der Waals surface area contributed by atoms with Gasteiger partial charge in [0.2, 0.25) is 0 Å². The fourth-order valence-corrected chi connectivity index (χ4v) is 2.75. The van der Waals surface area contributed by atoms with Crippen molar-refractivity contribution >= 4 is 0 Å². The lowest BCUT2D eigenvalue weighted by molar-refractivity contribution is 0.0356. The molecule has 0 spiro atoms. The monoisotopic (exact) mass is 279 g/mol. The third kappa shape index (κ3) is 4.28. The van der Waals surface area contributed by atoms with Crippen molar-refractivity contribution in [1.29, 1.82) is 0 Å². The van der Waals surface area contributed by atoms with Gasteiger partial charge in [-0.15, -0.1) is 0 Å². The number of hydrogen-bond acceptors (Lipinski definition) is 4. The standard InChI is InChI=1S/C16H25NO3/c1-17(8-9-19-2)15-10-14(11-16(15)18)20-12-13-6-4-3-5-7-13/h3-7,14-16,18H,8-12H2,1-2H3/t14-,15-,16-/m1/s1. The van der Waals surface area contributed by atoms with E-state index in [2.05, 4.69) is 17.0 Å². The highest BCUT2D eigenvalue weighted by Crippen LogP contribution is 2.27. The molecule has 0 heterocycles. The van der Waals surface area contributed by atoms with Gasteiger partial charge in [0, 0.05) is 26.1 Å². The zero-order valence-corrected chi connectivity index (χ0v) is 12.4. The molecule has 0 radical (unpaired) electrons. The molecule has 1 aliphatic carbocycles. The molecule has 0 bridgehead atoms. The van der Waals surface area contributed by atoms with Crippen LogP contribution in [0.4, 0.5) is 0 Å². The average Bonchev–Trinajstić information content (AvgIpc) is 2.85. The predicted octanol–water partition coefficient (Wildman–Crippen LogP) is 1.67. The smallest absolute Gasteiger partial charge is 0.0720 e. The van der Waals surface area contributed by atoms with Crippen molar-refractivity contribution in [3.05, 3.63) is 35.9 Å². The maximum absolute atomic E-state index is 10.2. The van der Waals surface area contributed by atoms with Gasteiger partial charge in [0.1, 0.15) is 0 Å². The molecule has 1 saturated carbocycles. The van der Waals surface area contributed by atoms with Crippen LogP contribution in [0, 0.1) is 0 Å². The number of nitrogens with zero attached hydrogens (tertiary/aromatic N) is 1. The van der Waals surface area contributed by atoms with Crippen LogP contribution in [-0.2, 0) is 16.1 Å². The normalized spacial score (nSPS) is 26.3. The Morgan fingerprint density at radius 2 is 2.00 bits per heavy atom. The van der Waals surface area contributed by atoms with E-state index < -0.39 is 0 Å². The molecular weight excluding hydrogens is 254 g/mol. The van der Waals surface area contributed by atoms with Crippen molar-refractivity contribution in [1.82, 2.24) is 4.90 Å². The minimum absolute atomic E-state index is 0.139. The van der Waals surface area contributed by atoms with Gasteiger partial charge in [0.15, 0.2) is 0 Å². The summed E-state index contributed by atoms with van der Waals surface area (Å²) in [6, 6.07) is 10.3. The number of ether oxygens (including phenoxy) is 2. The minimum atomic E-state index is -0.308. The molecule has 1 N–H and O–H groups in total. The number of rotatable bonds is 7. The molecule has 2 rings (SSSR count). The van der Waals surface area contributed by atoms with Gasteiger partial charge in [-0.3, -0.25) is 4.90 Å². The van der Waals surface area contributed by atoms with Gasteiger partial charge in [-0.2, -0.15) is 0 Å². The highest BCUT2D eigenvalue weighted by atomic mass is 16.5. The van der Waals surface area contributed by atoms with Crippen molar-refractivity contribution < 1.29 is 14.6 Å². The summed E-state index contributed by atoms with van der Waals surface area (Å²) in [7, 11) is 3.73. The molecule has 20 heavy (non-hydrogen) atoms. The van der Waals surface area contributed by atoms with E-state index in [0.29, 0.717) is 13.2 Å². The molecule has 0 aliphatic heterocycles. The Bertz CT molecular complexity index is 385. The Morgan fingerprint density at radius 1 is 1.25 bits per heavy atom. The topological polar surface area (TPSA) is 41.9 Å². The largest absolute Gasteiger partial charge is 0.391 e. The molecule has 4 heteroatoms. The Kier molecular flexibility index (Phi) is 5.98. The number of methoxy groups -OCH3 is 1. The van der Waals surface area contributed by atoms with E-state index in [4.69, 9.17) is 9.47 Å². The minimum Gasteiger partial charge on any atom is -0.391 e. The van der Waals surface area contributed by atoms with Crippen LogP contribution in [-0.4, -0.2) is 55.6 Å². The maximum atomic E-state index is 10.2. The molecule has 4 nitrogen and oxygen atoms in total. The first-order valence-corrected chi connectivity index (χ1v) is 7.23. The molecular formula is C16H25NO3. The molecule has 1 aromatic carbocycles. The van der Waals surface area contributed by atoms with Crippen LogP contribution in [0.15, 0.2) is 30.3 Å². The van der Waals surface area contributed by atoms with Gasteiger partial charge in [0.05, 0.1) is 25.4 Å². The number of aliphatic hydroxyl groups is 1. The second-order valence-electron chi connectivity index (χ2n) is 5.50. The molecule has 1 aromatic rings. The molecule has 0 amide bonds. The second-order valence-corrected chi connectivity index (χ2v) is 5.50. The van der Waals surface area contributed by atoms with Crippen LogP contribution in [0.5, 0.6) is 0 Å². The van der Waals surface area contributed by atoms with Crippen molar-refractivity contribution in [3.63, 3.8) is 0 Å². The van der Waals surface area contributed by atoms with Crippen LogP contribution in [0.1, 0.15) is 18.4 Å². The number of aliphatic hydroxyl groups excluding tert-OH is 1. The maximum Gasteiger partial charge on any atom is 0.0720 e. The molecule has 1 aliphatic rings. The molecule has 0 saturated heterocycles. The highest BCUT2D eigenvalue weighted by Gasteiger charge is 2.35. The zero-order valence-electron chi connectivity index (χ0n) is 12.4. The summed E-state index contributed by atoms with van der Waals surface area (Å²) in [5.74, 6) is 0. The molecule has 1 fully saturated rings. The number of benzene rings is 1. The number of hydrogen-bond donors (Lipinski definition) is 1. The van der Waals surface area contributed by atoms with E-state index in [0.717, 1.165) is 19.4 Å². The van der Waals surface area contributed by atoms with Crippen LogP contribution in [0.25, 0.3) is 0 Å². The molecule has 112 valence electrons. The summed E-state index contributed by atoms with van der Waals surface area (Å²) in [5.41, 5.74) is 1.18. The predicted molar refractivity (Wildman–Crippen MR) is 78.6 cm³/mol. The van der Waals surface area contributed by atoms with Gasteiger partial charge in [-0.1, -0.05) is 30.3 Å². The summed E-state index contributed by atoms with van der Waals surface area (Å²) in [4.78, 5) is 2.17. The Morgan fingerprint density at radius 3 is 2.70 bits per heavy atom. The van der Waals surface area contributed by atoms with E-state index in [9.17, 15) is 5.11 Å². The van der Waals surface area contributed by atoms with Crippen molar-refractivity contribution in [2.24, 2.45) is 0 Å². The van der Waals surface area contributed by atoms with Gasteiger partial charge in [-0.05, 0) is 19.0 Å². The first-order valence-electron chi connectivity index (χ1n) is 7.23. The third-order valence-corrected chi connectivity index (χ3v) is 4.00. The quantitative estimate of drug-likeness (QED) is 0.824. The third-order valence-electron chi connectivity index (χ3n) is 4.00. The lowest BCUT2D eigenvalue weighted by Crippen LogP contribution is -2.39. The molecule has 0 unspecified atom stereocenters. The van der Waals surface area contributed by atoms with E-state index in [-0.39, 0.29) is 18.2 Å². The number of likely N-dealkylation sites (N-methyl/N-ethyl adjacent to an activating group) is 1. The van der Waals surface area contributed by atoms with E-state index >= 15 is 0 Å². The fourth-order valence-electron chi connectivity index (χ4n) is 2.75. The fraction of sp³-hybridized carbons (Fsp3) is 0.625. The molecule has 0 aromatic heterocycles. The summed E-state index contributed by atoms with van der Waals surface area (Å²) >= 11 is 0. The second kappa shape index (κ2) is 7.74. The van der Waals surface area contributed by atoms with Crippen LogP contribution in [0.3, 0.4) is 0 Å². The lowest BCUT2D eigenvalue weighted by atomic mass is 10.2. The van der Waals surface area contributed by atoms with Crippen LogP contribution >= 0.6 is 0 Å². The molecule has 3 atom stereocenters. The van der Waals surface area contributed by atoms with Gasteiger partial charge in [0.25, 0.3) is 0 Å². The van der Waals surface area contributed by atoms with Crippen molar-refractivity contribution in [2.75, 3.05) is 27.3 Å². The first-order chi connectivity index (χ1) is 9.70. The Labute approximate surface area is 121 Å². The van der Waals surface area contributed by atoms with Gasteiger partial charge in [-0.25, -0.2) is 0 Å². The summed E-state index contributed by atoms with van der Waals surface area (Å²) in [6.45, 7) is 2.14. The Balaban J connectivity index is 1.78. The van der Waals surface area contributed by atoms with E-state index in [1.807, 2.05) is 25.2 Å². The van der Waals surface area contributed by atoms with E-state index in [1.54, 1.807) is 7.11 Å². The average molecular weight is 279 g/mol. The zero-order chi connectivity index (χ0) is 14.4. The van der Waals surface area contributed by atoms with Crippen molar-refractivity contribution in [2.45, 2.75) is 37.7 Å². The summed E-state index contributed by atoms with van der Waals surface area (Å²) in [6.07, 6.45) is 1.43.